The van der Waals surface area contributed by atoms with E-state index in [1.54, 1.807) is 0 Å². The van der Waals surface area contributed by atoms with E-state index in [1.807, 2.05) is 11.3 Å². The van der Waals surface area contributed by atoms with Gasteiger partial charge in [-0.25, -0.2) is 0 Å². The summed E-state index contributed by atoms with van der Waals surface area (Å²) in [6.07, 6.45) is 0. The highest BCUT2D eigenvalue weighted by molar-refractivity contribution is 7.10. The predicted octanol–water partition coefficient (Wildman–Crippen LogP) is 1.79. The molecule has 8 heteroatoms. The van der Waals surface area contributed by atoms with Crippen molar-refractivity contribution >= 4 is 17.3 Å². The summed E-state index contributed by atoms with van der Waals surface area (Å²) in [5.74, 6) is 0.892. The first-order chi connectivity index (χ1) is 14.1. The van der Waals surface area contributed by atoms with Gasteiger partial charge in [0.25, 0.3) is 0 Å². The second kappa shape index (κ2) is 11.3. The van der Waals surface area contributed by atoms with Crippen molar-refractivity contribution in [3.63, 3.8) is 0 Å². The number of nitrogens with one attached hydrogen (secondary N) is 2. The highest BCUT2D eigenvalue weighted by Gasteiger charge is 2.28. The molecule has 3 heterocycles. The smallest absolute Gasteiger partial charge is 0.191 e. The summed E-state index contributed by atoms with van der Waals surface area (Å²) in [6.45, 7) is 16.2. The summed E-state index contributed by atoms with van der Waals surface area (Å²) >= 11 is 1.82. The van der Waals surface area contributed by atoms with Gasteiger partial charge >= 0.3 is 0 Å². The van der Waals surface area contributed by atoms with Crippen molar-refractivity contribution in [2.45, 2.75) is 32.4 Å². The highest BCUT2D eigenvalue weighted by Crippen LogP contribution is 2.25. The molecule has 0 saturated carbocycles. The first-order valence-electron chi connectivity index (χ1n) is 10.8. The van der Waals surface area contributed by atoms with E-state index in [2.05, 4.69) is 58.7 Å². The van der Waals surface area contributed by atoms with Gasteiger partial charge in [-0.1, -0.05) is 6.07 Å². The second-order valence-corrected chi connectivity index (χ2v) is 9.15. The maximum absolute atomic E-state index is 5.56. The van der Waals surface area contributed by atoms with Crippen molar-refractivity contribution in [1.29, 1.82) is 0 Å². The van der Waals surface area contributed by atoms with Gasteiger partial charge in [-0.3, -0.25) is 14.8 Å². The third kappa shape index (κ3) is 6.65. The fraction of sp³-hybridized carbons (Fsp3) is 0.762. The molecular weight excluding hydrogens is 386 g/mol. The Labute approximate surface area is 179 Å². The molecule has 3 rings (SSSR count). The van der Waals surface area contributed by atoms with E-state index < -0.39 is 0 Å². The molecule has 2 N–H and O–H groups in total. The molecule has 2 aliphatic heterocycles. The monoisotopic (exact) mass is 423 g/mol. The van der Waals surface area contributed by atoms with Crippen molar-refractivity contribution in [2.24, 2.45) is 4.99 Å². The van der Waals surface area contributed by atoms with Crippen LogP contribution in [0.4, 0.5) is 0 Å². The SMILES string of the molecule is CCNC(=NCC(C)(C)N1CCOCC1)NCC(c1cccs1)N1CCOCC1. The van der Waals surface area contributed by atoms with Crippen LogP contribution in [0.2, 0.25) is 0 Å². The molecule has 1 atom stereocenters. The average Bonchev–Trinajstić information content (AvgIpc) is 3.28. The topological polar surface area (TPSA) is 61.4 Å². The Balaban J connectivity index is 1.62. The van der Waals surface area contributed by atoms with Crippen LogP contribution < -0.4 is 10.6 Å². The number of aliphatic imine (C=N–C) groups is 1. The van der Waals surface area contributed by atoms with Gasteiger partial charge in [0.05, 0.1) is 39.0 Å². The molecular formula is C21H37N5O2S. The van der Waals surface area contributed by atoms with Gasteiger partial charge in [-0.2, -0.15) is 0 Å². The van der Waals surface area contributed by atoms with Crippen LogP contribution in [0.5, 0.6) is 0 Å². The zero-order chi connectivity index (χ0) is 20.5. The molecule has 2 saturated heterocycles. The van der Waals surface area contributed by atoms with Crippen molar-refractivity contribution in [3.8, 4) is 0 Å². The van der Waals surface area contributed by atoms with Crippen LogP contribution >= 0.6 is 11.3 Å². The largest absolute Gasteiger partial charge is 0.379 e. The molecule has 0 spiro atoms. The fourth-order valence-corrected chi connectivity index (χ4v) is 4.72. The van der Waals surface area contributed by atoms with Gasteiger partial charge in [0.2, 0.25) is 0 Å². The van der Waals surface area contributed by atoms with Crippen molar-refractivity contribution in [2.75, 3.05) is 72.2 Å². The summed E-state index contributed by atoms with van der Waals surface area (Å²) < 4.78 is 11.1. The van der Waals surface area contributed by atoms with E-state index in [0.717, 1.165) is 78.2 Å². The molecule has 0 radical (unpaired) electrons. The molecule has 1 aromatic heterocycles. The Morgan fingerprint density at radius 3 is 2.45 bits per heavy atom. The summed E-state index contributed by atoms with van der Waals surface area (Å²) in [7, 11) is 0. The van der Waals surface area contributed by atoms with Crippen LogP contribution in [0, 0.1) is 0 Å². The predicted molar refractivity (Wildman–Crippen MR) is 120 cm³/mol. The number of hydrogen-bond donors (Lipinski definition) is 2. The number of hydrogen-bond acceptors (Lipinski definition) is 6. The molecule has 29 heavy (non-hydrogen) atoms. The van der Waals surface area contributed by atoms with Gasteiger partial charge in [0.15, 0.2) is 5.96 Å². The normalized spacial score (nSPS) is 21.1. The molecule has 164 valence electrons. The molecule has 0 amide bonds. The van der Waals surface area contributed by atoms with Gasteiger partial charge in [-0.05, 0) is 32.2 Å². The molecule has 2 aliphatic rings. The average molecular weight is 424 g/mol. The van der Waals surface area contributed by atoms with Crippen molar-refractivity contribution in [3.05, 3.63) is 22.4 Å². The minimum Gasteiger partial charge on any atom is -0.379 e. The Kier molecular flexibility index (Phi) is 8.74. The van der Waals surface area contributed by atoms with E-state index in [9.17, 15) is 0 Å². The third-order valence-electron chi connectivity index (χ3n) is 5.66. The van der Waals surface area contributed by atoms with E-state index in [4.69, 9.17) is 14.5 Å². The Bertz CT molecular complexity index is 611. The molecule has 7 nitrogen and oxygen atoms in total. The fourth-order valence-electron chi connectivity index (χ4n) is 3.86. The molecule has 1 aromatic rings. The Hall–Kier alpha value is -1.19. The number of morpholine rings is 2. The van der Waals surface area contributed by atoms with E-state index >= 15 is 0 Å². The maximum Gasteiger partial charge on any atom is 0.191 e. The summed E-state index contributed by atoms with van der Waals surface area (Å²) in [5, 5.41) is 9.18. The first kappa shape index (κ1) is 22.5. The van der Waals surface area contributed by atoms with Gasteiger partial charge < -0.3 is 20.1 Å². The highest BCUT2D eigenvalue weighted by atomic mass is 32.1. The zero-order valence-electron chi connectivity index (χ0n) is 18.2. The minimum atomic E-state index is 0.0174. The number of nitrogens with zero attached hydrogens (tertiary/aromatic N) is 3. The zero-order valence-corrected chi connectivity index (χ0v) is 19.0. The number of rotatable bonds is 8. The van der Waals surface area contributed by atoms with Crippen LogP contribution in [-0.4, -0.2) is 93.5 Å². The van der Waals surface area contributed by atoms with Gasteiger partial charge in [0, 0.05) is 49.7 Å². The quantitative estimate of drug-likeness (QED) is 0.491. The number of thiophene rings is 1. The third-order valence-corrected chi connectivity index (χ3v) is 6.63. The lowest BCUT2D eigenvalue weighted by molar-refractivity contribution is -0.00684. The van der Waals surface area contributed by atoms with E-state index in [0.29, 0.717) is 6.04 Å². The molecule has 0 aliphatic carbocycles. The Morgan fingerprint density at radius 1 is 1.14 bits per heavy atom. The number of ether oxygens (including phenoxy) is 2. The van der Waals surface area contributed by atoms with E-state index in [1.165, 1.54) is 4.88 Å². The van der Waals surface area contributed by atoms with Crippen molar-refractivity contribution in [1.82, 2.24) is 20.4 Å². The molecule has 0 bridgehead atoms. The second-order valence-electron chi connectivity index (χ2n) is 8.17. The maximum atomic E-state index is 5.56. The molecule has 0 aromatic carbocycles. The summed E-state index contributed by atoms with van der Waals surface area (Å²) in [4.78, 5) is 11.3. The minimum absolute atomic E-state index is 0.0174. The van der Waals surface area contributed by atoms with Crippen LogP contribution in [0.25, 0.3) is 0 Å². The standard InChI is InChI=1S/C21H37N5O2S/c1-4-22-20(24-17-21(2,3)26-9-13-28-14-10-26)23-16-18(19-6-5-15-29-19)25-7-11-27-12-8-25/h5-6,15,18H,4,7-14,16-17H2,1-3H3,(H2,22,23,24). The van der Waals surface area contributed by atoms with Crippen LogP contribution in [-0.2, 0) is 9.47 Å². The van der Waals surface area contributed by atoms with Gasteiger partial charge in [0.1, 0.15) is 0 Å². The molecule has 1 unspecified atom stereocenters. The first-order valence-corrected chi connectivity index (χ1v) is 11.7. The lowest BCUT2D eigenvalue weighted by Gasteiger charge is -2.40. The number of guanidine groups is 1. The molecule has 2 fully saturated rings. The lowest BCUT2D eigenvalue weighted by Crippen LogP contribution is -2.52. The van der Waals surface area contributed by atoms with Crippen LogP contribution in [0.15, 0.2) is 22.5 Å². The summed E-state index contributed by atoms with van der Waals surface area (Å²) in [5.41, 5.74) is 0.0174. The van der Waals surface area contributed by atoms with E-state index in [-0.39, 0.29) is 5.54 Å². The Morgan fingerprint density at radius 2 is 1.83 bits per heavy atom. The van der Waals surface area contributed by atoms with Crippen LogP contribution in [0.1, 0.15) is 31.7 Å². The van der Waals surface area contributed by atoms with Crippen molar-refractivity contribution < 1.29 is 9.47 Å². The summed E-state index contributed by atoms with van der Waals surface area (Å²) in [6, 6.07) is 4.71. The van der Waals surface area contributed by atoms with Crippen LogP contribution in [0.3, 0.4) is 0 Å². The van der Waals surface area contributed by atoms with Gasteiger partial charge in [-0.15, -0.1) is 11.3 Å². The lowest BCUT2D eigenvalue weighted by atomic mass is 10.0.